The van der Waals surface area contributed by atoms with E-state index in [1.807, 2.05) is 73.1 Å². The molecule has 0 amide bonds. The third-order valence-corrected chi connectivity index (χ3v) is 11.2. The van der Waals surface area contributed by atoms with Crippen LogP contribution in [0.25, 0.3) is 22.2 Å². The molecule has 0 aliphatic carbocycles. The van der Waals surface area contributed by atoms with E-state index in [2.05, 4.69) is 39.6 Å². The van der Waals surface area contributed by atoms with Crippen LogP contribution in [0.15, 0.2) is 94.0 Å². The molecule has 4 aromatic heterocycles. The molecule has 0 aliphatic rings. The van der Waals surface area contributed by atoms with E-state index in [0.717, 1.165) is 33.0 Å². The molecule has 4 heterocycles. The lowest BCUT2D eigenvalue weighted by molar-refractivity contribution is 0.0896. The first-order valence-electron chi connectivity index (χ1n) is 15.9. The molecule has 0 spiro atoms. The molecule has 256 valence electrons. The van der Waals surface area contributed by atoms with Gasteiger partial charge in [0.05, 0.1) is 23.4 Å². The molecule has 6 aromatic rings. The van der Waals surface area contributed by atoms with Crippen molar-refractivity contribution in [2.45, 2.75) is 62.1 Å². The maximum absolute atomic E-state index is 13.9. The summed E-state index contributed by atoms with van der Waals surface area (Å²) in [6.07, 6.45) is 6.45. The second-order valence-corrected chi connectivity index (χ2v) is 21.7. The first kappa shape index (κ1) is 34.4. The van der Waals surface area contributed by atoms with Crippen LogP contribution in [-0.4, -0.2) is 58.1 Å². The van der Waals surface area contributed by atoms with E-state index in [0.29, 0.717) is 47.5 Å². The Labute approximate surface area is 290 Å². The highest BCUT2D eigenvalue weighted by atomic mass is 32.2. The van der Waals surface area contributed by atoms with Gasteiger partial charge in [-0.3, -0.25) is 14.1 Å². The maximum atomic E-state index is 13.9. The van der Waals surface area contributed by atoms with Crippen LogP contribution in [0.2, 0.25) is 25.7 Å². The Balaban J connectivity index is 1.40. The molecular formula is C34H40N8O4S2Si. The SMILES string of the molecule is Cc1ccn2nc(C(C)Nc3ncnc4c3c(Sc3ccc(NS(C)(=O)=O)cc3)cn4COCC[Si](C)(C)C)n(-c3ccccc3)c(=O)c12. The van der Waals surface area contributed by atoms with Crippen molar-refractivity contribution in [3.05, 3.63) is 101 Å². The zero-order valence-electron chi connectivity index (χ0n) is 28.3. The Morgan fingerprint density at radius 1 is 1.02 bits per heavy atom. The fraction of sp³-hybridized carbons (Fsp3) is 0.294. The fourth-order valence-corrected chi connectivity index (χ4v) is 7.77. The quantitative estimate of drug-likeness (QED) is 0.101. The molecule has 6 rings (SSSR count). The molecule has 0 saturated heterocycles. The number of ether oxygens (including phenoxy) is 1. The zero-order chi connectivity index (χ0) is 34.9. The number of fused-ring (bicyclic) bond motifs is 2. The minimum atomic E-state index is -3.39. The third-order valence-electron chi connectivity index (χ3n) is 7.90. The van der Waals surface area contributed by atoms with Crippen LogP contribution in [0.1, 0.15) is 24.4 Å². The number of aryl methyl sites for hydroxylation is 1. The molecule has 0 bridgehead atoms. The van der Waals surface area contributed by atoms with E-state index >= 15 is 0 Å². The highest BCUT2D eigenvalue weighted by Gasteiger charge is 2.23. The van der Waals surface area contributed by atoms with Gasteiger partial charge in [0.15, 0.2) is 5.82 Å². The predicted octanol–water partition coefficient (Wildman–Crippen LogP) is 6.55. The van der Waals surface area contributed by atoms with Gasteiger partial charge < -0.3 is 14.6 Å². The minimum Gasteiger partial charge on any atom is -0.361 e. The topological polar surface area (TPSA) is 137 Å². The number of aromatic nitrogens is 6. The average molecular weight is 717 g/mol. The summed E-state index contributed by atoms with van der Waals surface area (Å²) in [6.45, 7) is 11.8. The summed E-state index contributed by atoms with van der Waals surface area (Å²) >= 11 is 1.51. The lowest BCUT2D eigenvalue weighted by Gasteiger charge is -2.20. The van der Waals surface area contributed by atoms with Crippen molar-refractivity contribution in [3.63, 3.8) is 0 Å². The van der Waals surface area contributed by atoms with Gasteiger partial charge in [-0.25, -0.2) is 22.9 Å². The smallest absolute Gasteiger partial charge is 0.282 e. The maximum Gasteiger partial charge on any atom is 0.282 e. The van der Waals surface area contributed by atoms with E-state index in [9.17, 15) is 13.2 Å². The van der Waals surface area contributed by atoms with Crippen molar-refractivity contribution >= 4 is 57.9 Å². The van der Waals surface area contributed by atoms with E-state index in [1.54, 1.807) is 27.4 Å². The Morgan fingerprint density at radius 3 is 2.45 bits per heavy atom. The van der Waals surface area contributed by atoms with Crippen molar-refractivity contribution in [2.24, 2.45) is 0 Å². The number of sulfonamides is 1. The molecule has 12 nitrogen and oxygen atoms in total. The van der Waals surface area contributed by atoms with Gasteiger partial charge in [-0.1, -0.05) is 49.6 Å². The van der Waals surface area contributed by atoms with Crippen molar-refractivity contribution < 1.29 is 13.2 Å². The predicted molar refractivity (Wildman–Crippen MR) is 198 cm³/mol. The summed E-state index contributed by atoms with van der Waals surface area (Å²) in [4.78, 5) is 25.1. The van der Waals surface area contributed by atoms with Crippen LogP contribution in [0.4, 0.5) is 11.5 Å². The molecule has 2 aromatic carbocycles. The van der Waals surface area contributed by atoms with Crippen molar-refractivity contribution in [1.29, 1.82) is 0 Å². The molecule has 1 unspecified atom stereocenters. The van der Waals surface area contributed by atoms with Crippen molar-refractivity contribution in [3.8, 4) is 5.69 Å². The van der Waals surface area contributed by atoms with E-state index < -0.39 is 24.1 Å². The van der Waals surface area contributed by atoms with Crippen LogP contribution in [-0.2, 0) is 21.5 Å². The molecule has 1 atom stereocenters. The first-order chi connectivity index (χ1) is 23.3. The van der Waals surface area contributed by atoms with E-state index in [4.69, 9.17) is 9.84 Å². The summed E-state index contributed by atoms with van der Waals surface area (Å²) in [6, 6.07) is 19.2. The second-order valence-electron chi connectivity index (χ2n) is 13.2. The van der Waals surface area contributed by atoms with Crippen molar-refractivity contribution in [1.82, 2.24) is 28.7 Å². The molecule has 0 saturated carbocycles. The number of rotatable bonds is 13. The number of benzene rings is 2. The normalized spacial score (nSPS) is 12.9. The van der Waals surface area contributed by atoms with Gasteiger partial charge in [-0.05, 0) is 67.9 Å². The molecule has 0 aliphatic heterocycles. The molecule has 0 radical (unpaired) electrons. The monoisotopic (exact) mass is 716 g/mol. The molecule has 15 heteroatoms. The van der Waals surface area contributed by atoms with Crippen molar-refractivity contribution in [2.75, 3.05) is 22.9 Å². The zero-order valence-corrected chi connectivity index (χ0v) is 31.0. The number of para-hydroxylation sites is 1. The summed E-state index contributed by atoms with van der Waals surface area (Å²) in [5, 5.41) is 9.24. The average Bonchev–Trinajstić information content (AvgIpc) is 3.59. The molecular weight excluding hydrogens is 677 g/mol. The summed E-state index contributed by atoms with van der Waals surface area (Å²) in [5.41, 5.74) is 3.10. The number of nitrogens with one attached hydrogen (secondary N) is 2. The van der Waals surface area contributed by atoms with Gasteiger partial charge in [-0.2, -0.15) is 5.10 Å². The fourth-order valence-electron chi connectivity index (χ4n) is 5.45. The standard InChI is InChI=1S/C34H40N8O4S2Si/c1-23-16-17-41-30(23)34(43)42(26-10-8-7-9-11-26)32(38-41)24(2)37-31-29-28(47-27-14-12-25(13-15-27)39-48(3,44)45)20-40(33(29)36-21-35-31)22-46-18-19-49(4,5)6/h7-17,20-21,24,39H,18-19,22H2,1-6H3,(H,35,36,37). The highest BCUT2D eigenvalue weighted by Crippen LogP contribution is 2.38. The van der Waals surface area contributed by atoms with Gasteiger partial charge in [-0.15, -0.1) is 0 Å². The number of nitrogens with zero attached hydrogens (tertiary/aromatic N) is 6. The number of hydrogen-bond acceptors (Lipinski definition) is 9. The Hall–Kier alpha value is -4.44. The summed E-state index contributed by atoms with van der Waals surface area (Å²) in [5.74, 6) is 1.09. The number of anilines is 2. The largest absolute Gasteiger partial charge is 0.361 e. The van der Waals surface area contributed by atoms with Gasteiger partial charge in [0.1, 0.15) is 30.0 Å². The van der Waals surface area contributed by atoms with Crippen LogP contribution in [0, 0.1) is 6.92 Å². The third kappa shape index (κ3) is 7.90. The van der Waals surface area contributed by atoms with Crippen LogP contribution in [0.3, 0.4) is 0 Å². The Morgan fingerprint density at radius 2 is 1.76 bits per heavy atom. The molecule has 0 fully saturated rings. The Kier molecular flexibility index (Phi) is 9.71. The van der Waals surface area contributed by atoms with Gasteiger partial charge >= 0.3 is 0 Å². The van der Waals surface area contributed by atoms with E-state index in [1.165, 1.54) is 18.1 Å². The van der Waals surface area contributed by atoms with Crippen LogP contribution >= 0.6 is 11.8 Å². The molecule has 49 heavy (non-hydrogen) atoms. The van der Waals surface area contributed by atoms with Crippen LogP contribution < -0.4 is 15.6 Å². The van der Waals surface area contributed by atoms with E-state index in [-0.39, 0.29) is 5.56 Å². The number of hydrogen-bond donors (Lipinski definition) is 2. The molecule has 2 N–H and O–H groups in total. The van der Waals surface area contributed by atoms with Gasteiger partial charge in [0.25, 0.3) is 5.56 Å². The van der Waals surface area contributed by atoms with Crippen LogP contribution in [0.5, 0.6) is 0 Å². The summed E-state index contributed by atoms with van der Waals surface area (Å²) in [7, 11) is -4.67. The Bertz CT molecular complexity index is 2280. The highest BCUT2D eigenvalue weighted by molar-refractivity contribution is 7.99. The summed E-state index contributed by atoms with van der Waals surface area (Å²) < 4.78 is 37.4. The van der Waals surface area contributed by atoms with Gasteiger partial charge in [0, 0.05) is 42.6 Å². The first-order valence-corrected chi connectivity index (χ1v) is 22.3. The van der Waals surface area contributed by atoms with Gasteiger partial charge in [0.2, 0.25) is 10.0 Å². The lowest BCUT2D eigenvalue weighted by Crippen LogP contribution is -2.29. The minimum absolute atomic E-state index is 0.160. The lowest BCUT2D eigenvalue weighted by atomic mass is 10.2. The second kappa shape index (κ2) is 13.8.